The van der Waals surface area contributed by atoms with Crippen LogP contribution in [0.5, 0.6) is 5.75 Å². The molecule has 8 heteroatoms. The molecule has 28 heavy (non-hydrogen) atoms. The van der Waals surface area contributed by atoms with E-state index < -0.39 is 0 Å². The number of carbonyl (C=O) groups excluding carboxylic acids is 1. The third-order valence-electron chi connectivity index (χ3n) is 4.78. The number of benzene rings is 1. The lowest BCUT2D eigenvalue weighted by atomic mass is 9.97. The molecule has 0 N–H and O–H groups in total. The van der Waals surface area contributed by atoms with Gasteiger partial charge < -0.3 is 4.74 Å². The number of hydrogen-bond acceptors (Lipinski definition) is 5. The second-order valence-electron chi connectivity index (χ2n) is 6.88. The van der Waals surface area contributed by atoms with Crippen molar-refractivity contribution in [2.24, 2.45) is 0 Å². The number of thiophene rings is 1. The molecule has 0 spiro atoms. The van der Waals surface area contributed by atoms with Crippen molar-refractivity contribution < 1.29 is 9.53 Å². The minimum atomic E-state index is -0.171. The number of halogens is 2. The Morgan fingerprint density at radius 3 is 2.86 bits per heavy atom. The molecule has 4 rings (SSSR count). The maximum absolute atomic E-state index is 13.2. The molecule has 1 aromatic carbocycles. The Bertz CT molecular complexity index is 1140. The van der Waals surface area contributed by atoms with E-state index in [0.29, 0.717) is 31.8 Å². The van der Waals surface area contributed by atoms with Crippen LogP contribution in [0.4, 0.5) is 0 Å². The maximum Gasteiger partial charge on any atom is 0.263 e. The first kappa shape index (κ1) is 19.4. The largest absolute Gasteiger partial charge is 0.484 e. The topological polar surface area (TPSA) is 61.2 Å². The van der Waals surface area contributed by atoms with Crippen LogP contribution in [-0.2, 0) is 30.8 Å². The molecule has 0 atom stereocenters. The summed E-state index contributed by atoms with van der Waals surface area (Å²) < 4.78 is 7.21. The van der Waals surface area contributed by atoms with Crippen LogP contribution in [0.3, 0.4) is 0 Å². The van der Waals surface area contributed by atoms with Gasteiger partial charge in [0.2, 0.25) is 0 Å². The van der Waals surface area contributed by atoms with E-state index in [0.717, 1.165) is 31.2 Å². The third kappa shape index (κ3) is 3.69. The highest BCUT2D eigenvalue weighted by molar-refractivity contribution is 7.18. The molecule has 0 amide bonds. The predicted octanol–water partition coefficient (Wildman–Crippen LogP) is 4.81. The van der Waals surface area contributed by atoms with Gasteiger partial charge in [-0.25, -0.2) is 4.98 Å². The zero-order chi connectivity index (χ0) is 19.8. The SMILES string of the molecule is CC(=O)Cn1c(COc2cc(Cl)ccc2Cl)nc2sc3c(c2c1=O)CCCC3. The second kappa shape index (κ2) is 7.85. The first-order valence-corrected chi connectivity index (χ1v) is 10.6. The van der Waals surface area contributed by atoms with Gasteiger partial charge in [0.05, 0.1) is 17.0 Å². The van der Waals surface area contributed by atoms with E-state index in [-0.39, 0.29) is 24.5 Å². The normalized spacial score (nSPS) is 13.5. The molecule has 0 unspecified atom stereocenters. The van der Waals surface area contributed by atoms with Gasteiger partial charge in [0.15, 0.2) is 5.82 Å². The van der Waals surface area contributed by atoms with Crippen molar-refractivity contribution in [3.63, 3.8) is 0 Å². The van der Waals surface area contributed by atoms with Gasteiger partial charge in [-0.2, -0.15) is 0 Å². The molecular weight excluding hydrogens is 419 g/mol. The fraction of sp³-hybridized carbons (Fsp3) is 0.350. The van der Waals surface area contributed by atoms with Gasteiger partial charge in [-0.15, -0.1) is 11.3 Å². The van der Waals surface area contributed by atoms with Crippen LogP contribution in [0.2, 0.25) is 10.0 Å². The summed E-state index contributed by atoms with van der Waals surface area (Å²) in [5, 5.41) is 1.57. The zero-order valence-electron chi connectivity index (χ0n) is 15.3. The van der Waals surface area contributed by atoms with Crippen molar-refractivity contribution in [1.82, 2.24) is 9.55 Å². The highest BCUT2D eigenvalue weighted by Gasteiger charge is 2.22. The summed E-state index contributed by atoms with van der Waals surface area (Å²) in [6, 6.07) is 4.93. The molecule has 0 aliphatic heterocycles. The molecule has 2 aromatic heterocycles. The number of aromatic nitrogens is 2. The zero-order valence-corrected chi connectivity index (χ0v) is 17.6. The predicted molar refractivity (Wildman–Crippen MR) is 112 cm³/mol. The number of Topliss-reactive ketones (excluding diaryl/α,β-unsaturated/α-hetero) is 1. The Kier molecular flexibility index (Phi) is 5.45. The first-order valence-electron chi connectivity index (χ1n) is 9.05. The van der Waals surface area contributed by atoms with Crippen LogP contribution in [0, 0.1) is 0 Å². The lowest BCUT2D eigenvalue weighted by Gasteiger charge is -2.14. The summed E-state index contributed by atoms with van der Waals surface area (Å²) >= 11 is 13.7. The van der Waals surface area contributed by atoms with Crippen molar-refractivity contribution in [3.05, 3.63) is 54.9 Å². The van der Waals surface area contributed by atoms with Gasteiger partial charge in [-0.1, -0.05) is 23.2 Å². The van der Waals surface area contributed by atoms with Gasteiger partial charge in [-0.05, 0) is 50.3 Å². The minimum Gasteiger partial charge on any atom is -0.484 e. The Morgan fingerprint density at radius 2 is 2.07 bits per heavy atom. The van der Waals surface area contributed by atoms with Gasteiger partial charge in [0.25, 0.3) is 5.56 Å². The van der Waals surface area contributed by atoms with Gasteiger partial charge in [-0.3, -0.25) is 14.2 Å². The van der Waals surface area contributed by atoms with Crippen molar-refractivity contribution in [1.29, 1.82) is 0 Å². The molecular formula is C20H18Cl2N2O3S. The quantitative estimate of drug-likeness (QED) is 0.575. The lowest BCUT2D eigenvalue weighted by molar-refractivity contribution is -0.117. The van der Waals surface area contributed by atoms with E-state index in [2.05, 4.69) is 4.98 Å². The second-order valence-corrected chi connectivity index (χ2v) is 8.80. The average Bonchev–Trinajstić information content (AvgIpc) is 3.03. The van der Waals surface area contributed by atoms with E-state index >= 15 is 0 Å². The summed E-state index contributed by atoms with van der Waals surface area (Å²) in [6.07, 6.45) is 4.07. The number of hydrogen-bond donors (Lipinski definition) is 0. The standard InChI is InChI=1S/C20H18Cl2N2O3S/c1-11(25)9-24-17(10-27-15-8-12(21)6-7-14(15)22)23-19-18(20(24)26)13-4-2-3-5-16(13)28-19/h6-8H,2-5,9-10H2,1H3. The van der Waals surface area contributed by atoms with Crippen LogP contribution < -0.4 is 10.3 Å². The smallest absolute Gasteiger partial charge is 0.263 e. The Hall–Kier alpha value is -1.89. The Labute approximate surface area is 175 Å². The van der Waals surface area contributed by atoms with Crippen LogP contribution in [0.1, 0.15) is 36.0 Å². The fourth-order valence-electron chi connectivity index (χ4n) is 3.51. The number of nitrogens with zero attached hydrogens (tertiary/aromatic N) is 2. The van der Waals surface area contributed by atoms with Gasteiger partial charge in [0.1, 0.15) is 23.0 Å². The molecule has 1 aliphatic rings. The molecule has 0 fully saturated rings. The molecule has 2 heterocycles. The van der Waals surface area contributed by atoms with Crippen molar-refractivity contribution >= 4 is 50.5 Å². The van der Waals surface area contributed by atoms with E-state index in [1.54, 1.807) is 29.5 Å². The molecule has 146 valence electrons. The summed E-state index contributed by atoms with van der Waals surface area (Å²) in [7, 11) is 0. The molecule has 0 saturated heterocycles. The van der Waals surface area contributed by atoms with E-state index in [1.807, 2.05) is 0 Å². The number of fused-ring (bicyclic) bond motifs is 3. The Morgan fingerprint density at radius 1 is 1.29 bits per heavy atom. The van der Waals surface area contributed by atoms with Crippen molar-refractivity contribution in [2.45, 2.75) is 45.8 Å². The van der Waals surface area contributed by atoms with Crippen LogP contribution in [0.25, 0.3) is 10.2 Å². The fourth-order valence-corrected chi connectivity index (χ4v) is 5.11. The number of ketones is 1. The number of rotatable bonds is 5. The molecule has 0 radical (unpaired) electrons. The highest BCUT2D eigenvalue weighted by Crippen LogP contribution is 2.34. The summed E-state index contributed by atoms with van der Waals surface area (Å²) in [4.78, 5) is 31.7. The molecule has 0 bridgehead atoms. The monoisotopic (exact) mass is 436 g/mol. The number of carbonyl (C=O) groups is 1. The minimum absolute atomic E-state index is 0.0150. The van der Waals surface area contributed by atoms with Crippen LogP contribution in [-0.4, -0.2) is 15.3 Å². The number of ether oxygens (including phenoxy) is 1. The van der Waals surface area contributed by atoms with Crippen molar-refractivity contribution in [3.8, 4) is 5.75 Å². The van der Waals surface area contributed by atoms with Gasteiger partial charge in [0, 0.05) is 16.0 Å². The summed E-state index contributed by atoms with van der Waals surface area (Å²) in [5.74, 6) is 0.695. The summed E-state index contributed by atoms with van der Waals surface area (Å²) in [6.45, 7) is 1.44. The highest BCUT2D eigenvalue weighted by atomic mass is 35.5. The average molecular weight is 437 g/mol. The first-order chi connectivity index (χ1) is 13.4. The van der Waals surface area contributed by atoms with Gasteiger partial charge >= 0.3 is 0 Å². The van der Waals surface area contributed by atoms with Crippen molar-refractivity contribution in [2.75, 3.05) is 0 Å². The van der Waals surface area contributed by atoms with E-state index in [9.17, 15) is 9.59 Å². The molecule has 0 saturated carbocycles. The number of aryl methyl sites for hydroxylation is 2. The van der Waals surface area contributed by atoms with Crippen LogP contribution in [0.15, 0.2) is 23.0 Å². The Balaban J connectivity index is 1.79. The van der Waals surface area contributed by atoms with Crippen LogP contribution >= 0.6 is 34.5 Å². The lowest BCUT2D eigenvalue weighted by Crippen LogP contribution is -2.29. The maximum atomic E-state index is 13.2. The van der Waals surface area contributed by atoms with E-state index in [4.69, 9.17) is 27.9 Å². The molecule has 3 aromatic rings. The molecule has 5 nitrogen and oxygen atoms in total. The third-order valence-corrected chi connectivity index (χ3v) is 6.52. The summed E-state index contributed by atoms with van der Waals surface area (Å²) in [5.41, 5.74) is 0.932. The van der Waals surface area contributed by atoms with E-state index in [1.165, 1.54) is 16.4 Å². The molecule has 1 aliphatic carbocycles.